The van der Waals surface area contributed by atoms with Gasteiger partial charge in [-0.2, -0.15) is 0 Å². The second-order valence-electron chi connectivity index (χ2n) is 8.25. The van der Waals surface area contributed by atoms with Crippen LogP contribution < -0.4 is 5.32 Å². The molecule has 0 heterocycles. The molecule has 1 aromatic rings. The topological polar surface area (TPSA) is 29.1 Å². The minimum atomic E-state index is -1.24. The summed E-state index contributed by atoms with van der Waals surface area (Å²) >= 11 is 0. The molecule has 0 aliphatic heterocycles. The quantitative estimate of drug-likeness (QED) is 0.293. The molecule has 0 spiro atoms. The zero-order chi connectivity index (χ0) is 18.5. The highest BCUT2D eigenvalue weighted by Gasteiger charge is 2.21. The van der Waals surface area contributed by atoms with Crippen LogP contribution in [0.15, 0.2) is 24.3 Å². The van der Waals surface area contributed by atoms with Crippen LogP contribution in [0.2, 0.25) is 25.2 Å². The van der Waals surface area contributed by atoms with E-state index in [4.69, 9.17) is 0 Å². The van der Waals surface area contributed by atoms with Gasteiger partial charge in [-0.3, -0.25) is 4.79 Å². The lowest BCUT2D eigenvalue weighted by Gasteiger charge is -2.22. The minimum absolute atomic E-state index is 0.172. The molecule has 0 fully saturated rings. The van der Waals surface area contributed by atoms with E-state index < -0.39 is 8.07 Å². The van der Waals surface area contributed by atoms with Gasteiger partial charge in [-0.1, -0.05) is 95.6 Å². The highest BCUT2D eigenvalue weighted by Crippen LogP contribution is 2.22. The third-order valence-electron chi connectivity index (χ3n) is 5.16. The molecule has 0 aliphatic carbocycles. The molecule has 1 aromatic carbocycles. The first kappa shape index (κ1) is 21.9. The monoisotopic (exact) mass is 361 g/mol. The normalized spacial score (nSPS) is 11.5. The molecule has 0 radical (unpaired) electrons. The van der Waals surface area contributed by atoms with E-state index in [0.29, 0.717) is 6.42 Å². The van der Waals surface area contributed by atoms with E-state index >= 15 is 0 Å². The first-order chi connectivity index (χ1) is 11.9. The summed E-state index contributed by atoms with van der Waals surface area (Å²) in [4.78, 5) is 12.2. The van der Waals surface area contributed by atoms with Crippen LogP contribution in [0.4, 0.5) is 5.69 Å². The molecule has 2 nitrogen and oxygen atoms in total. The van der Waals surface area contributed by atoms with Gasteiger partial charge in [-0.15, -0.1) is 0 Å². The number of carbonyl (C=O) groups is 1. The van der Waals surface area contributed by atoms with Crippen molar-refractivity contribution >= 4 is 19.7 Å². The lowest BCUT2D eigenvalue weighted by atomic mass is 10.1. The summed E-state index contributed by atoms with van der Waals surface area (Å²) in [5, 5.41) is 3.07. The molecule has 1 amide bonds. The summed E-state index contributed by atoms with van der Waals surface area (Å²) in [6.45, 7) is 9.19. The maximum Gasteiger partial charge on any atom is 0.224 e. The Hall–Kier alpha value is -1.09. The number of aryl methyl sites for hydroxylation is 1. The Labute approximate surface area is 156 Å². The zero-order valence-corrected chi connectivity index (χ0v) is 18.0. The van der Waals surface area contributed by atoms with Crippen LogP contribution in [0.1, 0.15) is 70.3 Å². The van der Waals surface area contributed by atoms with Gasteiger partial charge in [0.1, 0.15) is 0 Å². The summed E-state index contributed by atoms with van der Waals surface area (Å²) in [5.74, 6) is 0.172. The summed E-state index contributed by atoms with van der Waals surface area (Å²) < 4.78 is 0. The van der Waals surface area contributed by atoms with Crippen molar-refractivity contribution in [2.75, 3.05) is 5.32 Å². The standard InChI is InChI=1S/C22H39NOSi/c1-5-6-7-8-9-10-11-14-18-25(3,4)19-17-22(24)23-21-16-13-12-15-20(21)2/h12-13,15-16H,5-11,14,17-19H2,1-4H3,(H,23,24). The second kappa shape index (κ2) is 12.3. The Morgan fingerprint density at radius 2 is 1.52 bits per heavy atom. The van der Waals surface area contributed by atoms with Crippen molar-refractivity contribution in [2.24, 2.45) is 0 Å². The molecule has 3 heteroatoms. The van der Waals surface area contributed by atoms with Crippen LogP contribution in [-0.4, -0.2) is 14.0 Å². The van der Waals surface area contributed by atoms with Crippen molar-refractivity contribution in [3.8, 4) is 0 Å². The molecule has 0 saturated heterocycles. The third kappa shape index (κ3) is 10.5. The van der Waals surface area contributed by atoms with Gasteiger partial charge in [0.2, 0.25) is 5.91 Å². The SMILES string of the molecule is CCCCCCCCCC[Si](C)(C)CCC(=O)Nc1ccccc1C. The fourth-order valence-electron chi connectivity index (χ4n) is 3.24. The van der Waals surface area contributed by atoms with E-state index in [1.54, 1.807) is 0 Å². The largest absolute Gasteiger partial charge is 0.326 e. The average molecular weight is 362 g/mol. The highest BCUT2D eigenvalue weighted by atomic mass is 28.3. The molecule has 1 rings (SSSR count). The number of hydrogen-bond donors (Lipinski definition) is 1. The Balaban J connectivity index is 2.15. The van der Waals surface area contributed by atoms with E-state index in [9.17, 15) is 4.79 Å². The summed E-state index contributed by atoms with van der Waals surface area (Å²) in [5.41, 5.74) is 2.08. The molecule has 0 atom stereocenters. The molecule has 25 heavy (non-hydrogen) atoms. The highest BCUT2D eigenvalue weighted by molar-refractivity contribution is 6.77. The number of amides is 1. The van der Waals surface area contributed by atoms with E-state index in [1.807, 2.05) is 31.2 Å². The number of para-hydroxylation sites is 1. The van der Waals surface area contributed by atoms with E-state index in [2.05, 4.69) is 25.3 Å². The predicted octanol–water partition coefficient (Wildman–Crippen LogP) is 7.17. The first-order valence-corrected chi connectivity index (χ1v) is 13.7. The maximum absolute atomic E-state index is 12.2. The van der Waals surface area contributed by atoms with Crippen LogP contribution >= 0.6 is 0 Å². The average Bonchev–Trinajstić information content (AvgIpc) is 2.58. The number of hydrogen-bond acceptors (Lipinski definition) is 1. The molecule has 1 N–H and O–H groups in total. The van der Waals surface area contributed by atoms with Gasteiger partial charge in [0.25, 0.3) is 0 Å². The number of carbonyl (C=O) groups excluding carboxylic acids is 1. The summed E-state index contributed by atoms with van der Waals surface area (Å²) in [7, 11) is -1.24. The van der Waals surface area contributed by atoms with Gasteiger partial charge >= 0.3 is 0 Å². The van der Waals surface area contributed by atoms with Crippen LogP contribution in [0.25, 0.3) is 0 Å². The van der Waals surface area contributed by atoms with Gasteiger partial charge in [-0.05, 0) is 24.6 Å². The zero-order valence-electron chi connectivity index (χ0n) is 17.0. The Bertz CT molecular complexity index is 499. The fraction of sp³-hybridized carbons (Fsp3) is 0.682. The molecule has 0 aromatic heterocycles. The van der Waals surface area contributed by atoms with Gasteiger partial charge < -0.3 is 5.32 Å². The van der Waals surface area contributed by atoms with Gasteiger partial charge in [0, 0.05) is 20.2 Å². The van der Waals surface area contributed by atoms with Crippen molar-refractivity contribution in [2.45, 2.75) is 96.8 Å². The Morgan fingerprint density at radius 1 is 0.920 bits per heavy atom. The fourth-order valence-corrected chi connectivity index (χ4v) is 5.60. The smallest absolute Gasteiger partial charge is 0.224 e. The first-order valence-electron chi connectivity index (χ1n) is 10.3. The van der Waals surface area contributed by atoms with Crippen LogP contribution in [0.3, 0.4) is 0 Å². The summed E-state index contributed by atoms with van der Waals surface area (Å²) in [6.07, 6.45) is 11.7. The van der Waals surface area contributed by atoms with Crippen molar-refractivity contribution in [3.05, 3.63) is 29.8 Å². The number of unbranched alkanes of at least 4 members (excludes halogenated alkanes) is 7. The molecule has 0 aliphatic rings. The van der Waals surface area contributed by atoms with Gasteiger partial charge in [-0.25, -0.2) is 0 Å². The number of nitrogens with one attached hydrogen (secondary N) is 1. The van der Waals surface area contributed by atoms with Crippen LogP contribution in [0.5, 0.6) is 0 Å². The van der Waals surface area contributed by atoms with E-state index in [1.165, 1.54) is 57.4 Å². The lowest BCUT2D eigenvalue weighted by molar-refractivity contribution is -0.115. The Kier molecular flexibility index (Phi) is 10.8. The van der Waals surface area contributed by atoms with Crippen LogP contribution in [-0.2, 0) is 4.79 Å². The minimum Gasteiger partial charge on any atom is -0.326 e. The van der Waals surface area contributed by atoms with Gasteiger partial charge in [0.15, 0.2) is 0 Å². The van der Waals surface area contributed by atoms with Gasteiger partial charge in [0.05, 0.1) is 0 Å². The number of rotatable bonds is 13. The molecule has 142 valence electrons. The number of benzene rings is 1. The molecular formula is C22H39NOSi. The van der Waals surface area contributed by atoms with Crippen molar-refractivity contribution in [1.82, 2.24) is 0 Å². The molecule has 0 unspecified atom stereocenters. The van der Waals surface area contributed by atoms with Crippen LogP contribution in [0, 0.1) is 6.92 Å². The van der Waals surface area contributed by atoms with E-state index in [0.717, 1.165) is 17.3 Å². The maximum atomic E-state index is 12.2. The summed E-state index contributed by atoms with van der Waals surface area (Å²) in [6, 6.07) is 10.5. The third-order valence-corrected chi connectivity index (χ3v) is 8.47. The Morgan fingerprint density at radius 3 is 2.16 bits per heavy atom. The molecule has 0 bridgehead atoms. The van der Waals surface area contributed by atoms with Crippen molar-refractivity contribution in [3.63, 3.8) is 0 Å². The lowest BCUT2D eigenvalue weighted by Crippen LogP contribution is -2.27. The van der Waals surface area contributed by atoms with Crippen molar-refractivity contribution in [1.29, 1.82) is 0 Å². The predicted molar refractivity (Wildman–Crippen MR) is 114 cm³/mol. The van der Waals surface area contributed by atoms with Crippen molar-refractivity contribution < 1.29 is 4.79 Å². The van der Waals surface area contributed by atoms with E-state index in [-0.39, 0.29) is 5.91 Å². The second-order valence-corrected chi connectivity index (χ2v) is 13.6. The molecule has 0 saturated carbocycles. The number of anilines is 1. The molecular weight excluding hydrogens is 322 g/mol.